The molecule has 1 N–H and O–H groups in total. The van der Waals surface area contributed by atoms with Gasteiger partial charge in [0, 0.05) is 26.2 Å². The molecule has 0 saturated carbocycles. The predicted molar refractivity (Wildman–Crippen MR) is 113 cm³/mol. The molecule has 1 aromatic rings. The number of hydrogen-bond acceptors (Lipinski definition) is 5. The van der Waals surface area contributed by atoms with Gasteiger partial charge in [-0.25, -0.2) is 8.42 Å². The van der Waals surface area contributed by atoms with Gasteiger partial charge in [-0.1, -0.05) is 11.6 Å². The van der Waals surface area contributed by atoms with Crippen molar-refractivity contribution in [3.63, 3.8) is 0 Å². The van der Waals surface area contributed by atoms with Crippen LogP contribution in [0.2, 0.25) is 5.02 Å². The smallest absolute Gasteiger partial charge is 0.243 e. The molecule has 0 spiro atoms. The van der Waals surface area contributed by atoms with E-state index < -0.39 is 10.0 Å². The number of hydrogen-bond donors (Lipinski definition) is 1. The van der Waals surface area contributed by atoms with Crippen molar-refractivity contribution < 1.29 is 22.7 Å². The third-order valence-electron chi connectivity index (χ3n) is 4.67. The normalized spacial score (nSPS) is 18.0. The second kappa shape index (κ2) is 11.2. The van der Waals surface area contributed by atoms with E-state index in [2.05, 4.69) is 5.32 Å². The highest BCUT2D eigenvalue weighted by Gasteiger charge is 2.33. The van der Waals surface area contributed by atoms with Gasteiger partial charge in [-0.05, 0) is 58.2 Å². The van der Waals surface area contributed by atoms with Gasteiger partial charge in [-0.3, -0.25) is 4.79 Å². The van der Waals surface area contributed by atoms with Crippen LogP contribution in [0.25, 0.3) is 0 Å². The summed E-state index contributed by atoms with van der Waals surface area (Å²) in [5.41, 5.74) is 0. The largest absolute Gasteiger partial charge is 0.492 e. The second-order valence-corrected chi connectivity index (χ2v) is 9.64. The third kappa shape index (κ3) is 6.84. The van der Waals surface area contributed by atoms with E-state index in [0.717, 1.165) is 6.42 Å². The number of ether oxygens (including phenoxy) is 2. The first-order valence-electron chi connectivity index (χ1n) is 10.1. The summed E-state index contributed by atoms with van der Waals surface area (Å²) in [5, 5.41) is 3.14. The van der Waals surface area contributed by atoms with Crippen molar-refractivity contribution in [1.82, 2.24) is 9.62 Å². The second-order valence-electron chi connectivity index (χ2n) is 7.29. The van der Waals surface area contributed by atoms with E-state index in [1.165, 1.54) is 16.4 Å². The molecule has 1 aromatic carbocycles. The maximum absolute atomic E-state index is 13.0. The zero-order chi connectivity index (χ0) is 21.4. The lowest BCUT2D eigenvalue weighted by Crippen LogP contribution is -2.45. The summed E-state index contributed by atoms with van der Waals surface area (Å²) in [6.07, 6.45) is 2.20. The van der Waals surface area contributed by atoms with Crippen molar-refractivity contribution in [2.24, 2.45) is 5.92 Å². The molecule has 1 fully saturated rings. The van der Waals surface area contributed by atoms with Crippen LogP contribution < -0.4 is 10.1 Å². The van der Waals surface area contributed by atoms with Crippen LogP contribution in [0.1, 0.15) is 40.0 Å². The SMILES string of the molecule is CCOc1ccc(S(=O)(=O)N2CCC[C@@H](C(=O)NCCCOC(C)C)C2)cc1Cl. The number of piperidine rings is 1. The van der Waals surface area contributed by atoms with Gasteiger partial charge in [0.25, 0.3) is 0 Å². The molecule has 9 heteroatoms. The molecule has 29 heavy (non-hydrogen) atoms. The molecule has 0 radical (unpaired) electrons. The number of benzene rings is 1. The molecule has 1 atom stereocenters. The molecule has 1 saturated heterocycles. The summed E-state index contributed by atoms with van der Waals surface area (Å²) in [7, 11) is -3.73. The Labute approximate surface area is 178 Å². The highest BCUT2D eigenvalue weighted by Crippen LogP contribution is 2.30. The van der Waals surface area contributed by atoms with Crippen molar-refractivity contribution in [2.75, 3.05) is 32.8 Å². The monoisotopic (exact) mass is 446 g/mol. The van der Waals surface area contributed by atoms with Crippen LogP contribution in [-0.4, -0.2) is 57.6 Å². The van der Waals surface area contributed by atoms with Crippen LogP contribution in [0.3, 0.4) is 0 Å². The maximum Gasteiger partial charge on any atom is 0.243 e. The quantitative estimate of drug-likeness (QED) is 0.558. The number of rotatable bonds is 10. The van der Waals surface area contributed by atoms with Gasteiger partial charge in [0.2, 0.25) is 15.9 Å². The highest BCUT2D eigenvalue weighted by molar-refractivity contribution is 7.89. The van der Waals surface area contributed by atoms with Crippen LogP contribution in [0.4, 0.5) is 0 Å². The Hall–Kier alpha value is -1.35. The molecule has 0 aromatic heterocycles. The fourth-order valence-corrected chi connectivity index (χ4v) is 5.04. The van der Waals surface area contributed by atoms with Gasteiger partial charge in [-0.2, -0.15) is 4.31 Å². The van der Waals surface area contributed by atoms with Gasteiger partial charge in [0.05, 0.1) is 28.5 Å². The molecule has 1 heterocycles. The first kappa shape index (κ1) is 23.9. The summed E-state index contributed by atoms with van der Waals surface area (Å²) in [6, 6.07) is 4.46. The minimum atomic E-state index is -3.73. The molecule has 1 aliphatic rings. The number of carbonyl (C=O) groups excluding carboxylic acids is 1. The zero-order valence-electron chi connectivity index (χ0n) is 17.3. The molecule has 0 aliphatic carbocycles. The van der Waals surface area contributed by atoms with Crippen LogP contribution in [0.5, 0.6) is 5.75 Å². The summed E-state index contributed by atoms with van der Waals surface area (Å²) in [6.45, 7) is 7.86. The van der Waals surface area contributed by atoms with Crippen molar-refractivity contribution in [1.29, 1.82) is 0 Å². The summed E-state index contributed by atoms with van der Waals surface area (Å²) >= 11 is 6.15. The van der Waals surface area contributed by atoms with Crippen molar-refractivity contribution in [2.45, 2.75) is 51.0 Å². The van der Waals surface area contributed by atoms with E-state index >= 15 is 0 Å². The minimum absolute atomic E-state index is 0.109. The number of nitrogens with one attached hydrogen (secondary N) is 1. The lowest BCUT2D eigenvalue weighted by Gasteiger charge is -2.31. The standard InChI is InChI=1S/C20H31ClN2O5S/c1-4-27-19-9-8-17(13-18(19)21)29(25,26)23-11-5-7-16(14-23)20(24)22-10-6-12-28-15(2)3/h8-9,13,15-16H,4-7,10-12,14H2,1-3H3,(H,22,24)/t16-/m1/s1. The van der Waals surface area contributed by atoms with Crippen LogP contribution in [0, 0.1) is 5.92 Å². The number of carbonyl (C=O) groups is 1. The lowest BCUT2D eigenvalue weighted by molar-refractivity contribution is -0.126. The molecule has 1 aliphatic heterocycles. The van der Waals surface area contributed by atoms with E-state index in [1.807, 2.05) is 20.8 Å². The minimum Gasteiger partial charge on any atom is -0.492 e. The summed E-state index contributed by atoms with van der Waals surface area (Å²) in [4.78, 5) is 12.6. The van der Waals surface area contributed by atoms with Gasteiger partial charge in [0.1, 0.15) is 5.75 Å². The van der Waals surface area contributed by atoms with Gasteiger partial charge < -0.3 is 14.8 Å². The Bertz CT molecular complexity index is 785. The molecular weight excluding hydrogens is 416 g/mol. The molecule has 1 amide bonds. The number of sulfonamides is 1. The van der Waals surface area contributed by atoms with Crippen molar-refractivity contribution in [3.05, 3.63) is 23.2 Å². The third-order valence-corrected chi connectivity index (χ3v) is 6.82. The van der Waals surface area contributed by atoms with Gasteiger partial charge in [-0.15, -0.1) is 0 Å². The van der Waals surface area contributed by atoms with Crippen LogP contribution >= 0.6 is 11.6 Å². The Balaban J connectivity index is 1.96. The molecule has 2 rings (SSSR count). The average molecular weight is 447 g/mol. The van der Waals surface area contributed by atoms with E-state index in [-0.39, 0.29) is 34.4 Å². The van der Waals surface area contributed by atoms with Gasteiger partial charge in [0.15, 0.2) is 0 Å². The molecule has 0 unspecified atom stereocenters. The summed E-state index contributed by atoms with van der Waals surface area (Å²) < 4.78 is 38.2. The Kier molecular flexibility index (Phi) is 9.20. The van der Waals surface area contributed by atoms with Crippen molar-refractivity contribution in [3.8, 4) is 5.75 Å². The Morgan fingerprint density at radius 3 is 2.79 bits per heavy atom. The number of amides is 1. The van der Waals surface area contributed by atoms with Crippen LogP contribution in [0.15, 0.2) is 23.1 Å². The molecule has 0 bridgehead atoms. The number of nitrogens with zero attached hydrogens (tertiary/aromatic N) is 1. The van der Waals surface area contributed by atoms with E-state index in [9.17, 15) is 13.2 Å². The molecular formula is C20H31ClN2O5S. The topological polar surface area (TPSA) is 84.9 Å². The first-order chi connectivity index (χ1) is 13.8. The lowest BCUT2D eigenvalue weighted by atomic mass is 9.99. The van der Waals surface area contributed by atoms with E-state index in [0.29, 0.717) is 44.9 Å². The summed E-state index contributed by atoms with van der Waals surface area (Å²) in [5.74, 6) is -0.0210. The predicted octanol–water partition coefficient (Wildman–Crippen LogP) is 3.07. The van der Waals surface area contributed by atoms with E-state index in [4.69, 9.17) is 21.1 Å². The fourth-order valence-electron chi connectivity index (χ4n) is 3.19. The van der Waals surface area contributed by atoms with E-state index in [1.54, 1.807) is 6.07 Å². The molecule has 7 nitrogen and oxygen atoms in total. The maximum atomic E-state index is 13.0. The Morgan fingerprint density at radius 2 is 2.14 bits per heavy atom. The number of halogens is 1. The Morgan fingerprint density at radius 1 is 1.38 bits per heavy atom. The molecule has 164 valence electrons. The van der Waals surface area contributed by atoms with Crippen LogP contribution in [-0.2, 0) is 19.6 Å². The average Bonchev–Trinajstić information content (AvgIpc) is 2.69. The first-order valence-corrected chi connectivity index (χ1v) is 11.9. The highest BCUT2D eigenvalue weighted by atomic mass is 35.5. The zero-order valence-corrected chi connectivity index (χ0v) is 18.9. The van der Waals surface area contributed by atoms with Crippen molar-refractivity contribution >= 4 is 27.5 Å². The fraction of sp³-hybridized carbons (Fsp3) is 0.650. The van der Waals surface area contributed by atoms with Gasteiger partial charge >= 0.3 is 0 Å².